The molecule has 144 valence electrons. The van der Waals surface area contributed by atoms with Gasteiger partial charge in [-0.3, -0.25) is 0 Å². The van der Waals surface area contributed by atoms with E-state index in [1.165, 1.54) is 6.92 Å². The standard InChI is InChI=1S/C15H22F3N7O/c1-3-25-7-20-10-12(22-9-4-5-19-6-9)23-14(24-13(10)25)21-8(2)11(26)15(16,17)18/h7-9,11,19,26H,3-6H2,1-2H3,(H2,21,22,23,24)/t8-,9-,11+/m0/s1. The molecule has 3 atom stereocenters. The first-order valence-corrected chi connectivity index (χ1v) is 8.51. The number of fused-ring (bicyclic) bond motifs is 1. The smallest absolute Gasteiger partial charge is 0.382 e. The van der Waals surface area contributed by atoms with Crippen molar-refractivity contribution in [3.8, 4) is 0 Å². The van der Waals surface area contributed by atoms with Crippen LogP contribution in [0.25, 0.3) is 11.2 Å². The first-order chi connectivity index (χ1) is 12.3. The number of hydrogen-bond donors (Lipinski definition) is 4. The largest absolute Gasteiger partial charge is 0.416 e. The SMILES string of the molecule is CCn1cnc2c(N[C@H]3CCNC3)nc(N[C@@H](C)[C@@H](O)C(F)(F)F)nc21. The second kappa shape index (κ2) is 7.23. The van der Waals surface area contributed by atoms with Crippen molar-refractivity contribution in [2.45, 2.75) is 51.2 Å². The molecular formula is C15H22F3N7O. The number of aryl methyl sites for hydroxylation is 1. The Morgan fingerprint density at radius 3 is 2.81 bits per heavy atom. The van der Waals surface area contributed by atoms with E-state index in [1.54, 1.807) is 10.9 Å². The van der Waals surface area contributed by atoms with Crippen LogP contribution in [0.4, 0.5) is 24.9 Å². The van der Waals surface area contributed by atoms with Crippen molar-refractivity contribution in [1.29, 1.82) is 0 Å². The van der Waals surface area contributed by atoms with E-state index >= 15 is 0 Å². The minimum Gasteiger partial charge on any atom is -0.382 e. The van der Waals surface area contributed by atoms with E-state index < -0.39 is 18.3 Å². The number of aliphatic hydroxyl groups excluding tert-OH is 1. The van der Waals surface area contributed by atoms with Crippen molar-refractivity contribution in [3.63, 3.8) is 0 Å². The van der Waals surface area contributed by atoms with Gasteiger partial charge in [-0.05, 0) is 26.8 Å². The number of hydrogen-bond acceptors (Lipinski definition) is 7. The third kappa shape index (κ3) is 3.83. The highest BCUT2D eigenvalue weighted by Gasteiger charge is 2.42. The van der Waals surface area contributed by atoms with Gasteiger partial charge in [0.05, 0.1) is 12.4 Å². The highest BCUT2D eigenvalue weighted by Crippen LogP contribution is 2.26. The van der Waals surface area contributed by atoms with Crippen molar-refractivity contribution in [2.24, 2.45) is 0 Å². The number of halogens is 3. The molecule has 0 unspecified atom stereocenters. The third-order valence-electron chi connectivity index (χ3n) is 4.37. The molecule has 0 amide bonds. The molecule has 0 spiro atoms. The van der Waals surface area contributed by atoms with Gasteiger partial charge in [0.15, 0.2) is 23.1 Å². The van der Waals surface area contributed by atoms with Crippen LogP contribution in [0.3, 0.4) is 0 Å². The summed E-state index contributed by atoms with van der Waals surface area (Å²) >= 11 is 0. The number of imidazole rings is 1. The molecule has 1 fully saturated rings. The summed E-state index contributed by atoms with van der Waals surface area (Å²) in [7, 11) is 0. The second-order valence-corrected chi connectivity index (χ2v) is 6.35. The fourth-order valence-electron chi connectivity index (χ4n) is 2.88. The maximum Gasteiger partial charge on any atom is 0.416 e. The van der Waals surface area contributed by atoms with Gasteiger partial charge in [0.1, 0.15) is 0 Å². The fraction of sp³-hybridized carbons (Fsp3) is 0.667. The van der Waals surface area contributed by atoms with Crippen LogP contribution in [0, 0.1) is 0 Å². The van der Waals surface area contributed by atoms with Crippen molar-refractivity contribution in [1.82, 2.24) is 24.8 Å². The predicted octanol–water partition coefficient (Wildman–Crippen LogP) is 1.34. The van der Waals surface area contributed by atoms with Crippen LogP contribution in [0.2, 0.25) is 0 Å². The minimum atomic E-state index is -4.72. The molecule has 0 bridgehead atoms. The summed E-state index contributed by atoms with van der Waals surface area (Å²) in [4.78, 5) is 12.9. The Morgan fingerprint density at radius 1 is 1.42 bits per heavy atom. The number of aliphatic hydroxyl groups is 1. The molecule has 0 aliphatic carbocycles. The number of anilines is 2. The number of nitrogens with one attached hydrogen (secondary N) is 3. The van der Waals surface area contributed by atoms with Crippen molar-refractivity contribution in [2.75, 3.05) is 23.7 Å². The predicted molar refractivity (Wildman–Crippen MR) is 91.0 cm³/mol. The van der Waals surface area contributed by atoms with E-state index in [0.29, 0.717) is 23.5 Å². The Hall–Kier alpha value is -2.14. The Balaban J connectivity index is 1.91. The van der Waals surface area contributed by atoms with Gasteiger partial charge in [-0.2, -0.15) is 23.1 Å². The Morgan fingerprint density at radius 2 is 2.19 bits per heavy atom. The highest BCUT2D eigenvalue weighted by molar-refractivity contribution is 5.84. The molecule has 1 aliphatic rings. The molecule has 2 aromatic rings. The maximum absolute atomic E-state index is 12.7. The van der Waals surface area contributed by atoms with Gasteiger partial charge in [-0.25, -0.2) is 4.98 Å². The topological polar surface area (TPSA) is 99.9 Å². The molecule has 11 heteroatoms. The Kier molecular flexibility index (Phi) is 5.19. The molecule has 3 rings (SSSR count). The Bertz CT molecular complexity index is 758. The Labute approximate surface area is 148 Å². The second-order valence-electron chi connectivity index (χ2n) is 6.35. The molecule has 26 heavy (non-hydrogen) atoms. The number of aromatic nitrogens is 4. The van der Waals surface area contributed by atoms with Crippen LogP contribution >= 0.6 is 0 Å². The molecule has 0 saturated carbocycles. The molecule has 4 N–H and O–H groups in total. The van der Waals surface area contributed by atoms with E-state index in [0.717, 1.165) is 19.5 Å². The summed E-state index contributed by atoms with van der Waals surface area (Å²) in [6.45, 7) is 5.41. The first kappa shape index (κ1) is 18.6. The van der Waals surface area contributed by atoms with Gasteiger partial charge < -0.3 is 25.6 Å². The van der Waals surface area contributed by atoms with Gasteiger partial charge >= 0.3 is 6.18 Å². The monoisotopic (exact) mass is 373 g/mol. The van der Waals surface area contributed by atoms with Gasteiger partial charge in [0.2, 0.25) is 5.95 Å². The summed E-state index contributed by atoms with van der Waals surface area (Å²) in [6.07, 6.45) is -4.72. The summed E-state index contributed by atoms with van der Waals surface area (Å²) < 4.78 is 39.9. The van der Waals surface area contributed by atoms with Crippen molar-refractivity contribution in [3.05, 3.63) is 6.33 Å². The van der Waals surface area contributed by atoms with E-state index in [4.69, 9.17) is 0 Å². The average molecular weight is 373 g/mol. The van der Waals surface area contributed by atoms with E-state index in [1.807, 2.05) is 6.92 Å². The zero-order chi connectivity index (χ0) is 18.9. The summed E-state index contributed by atoms with van der Waals surface area (Å²) in [5.74, 6) is 0.476. The molecule has 0 aromatic carbocycles. The van der Waals surface area contributed by atoms with E-state index in [9.17, 15) is 18.3 Å². The lowest BCUT2D eigenvalue weighted by molar-refractivity contribution is -0.206. The number of nitrogens with zero attached hydrogens (tertiary/aromatic N) is 4. The van der Waals surface area contributed by atoms with E-state index in [-0.39, 0.29) is 12.0 Å². The average Bonchev–Trinajstić information content (AvgIpc) is 3.22. The minimum absolute atomic E-state index is 0.0111. The van der Waals surface area contributed by atoms with Crippen LogP contribution in [0.5, 0.6) is 0 Å². The molecular weight excluding hydrogens is 351 g/mol. The van der Waals surface area contributed by atoms with Gasteiger partial charge in [-0.1, -0.05) is 0 Å². The molecule has 3 heterocycles. The molecule has 2 aromatic heterocycles. The first-order valence-electron chi connectivity index (χ1n) is 8.51. The van der Waals surface area contributed by atoms with E-state index in [2.05, 4.69) is 30.9 Å². The molecule has 1 saturated heterocycles. The normalized spacial score (nSPS) is 20.3. The van der Waals surface area contributed by atoms with Gasteiger partial charge in [-0.15, -0.1) is 0 Å². The quantitative estimate of drug-likeness (QED) is 0.606. The number of rotatable bonds is 6. The molecule has 0 radical (unpaired) electrons. The number of alkyl halides is 3. The van der Waals surface area contributed by atoms with Crippen LogP contribution in [0.15, 0.2) is 6.33 Å². The van der Waals surface area contributed by atoms with Crippen molar-refractivity contribution >= 4 is 22.9 Å². The fourth-order valence-corrected chi connectivity index (χ4v) is 2.88. The lowest BCUT2D eigenvalue weighted by Crippen LogP contribution is -2.42. The summed E-state index contributed by atoms with van der Waals surface area (Å²) in [6, 6.07) is -1.14. The van der Waals surface area contributed by atoms with Crippen LogP contribution in [-0.4, -0.2) is 62.1 Å². The summed E-state index contributed by atoms with van der Waals surface area (Å²) in [5.41, 5.74) is 1.08. The summed E-state index contributed by atoms with van der Waals surface area (Å²) in [5, 5.41) is 18.5. The van der Waals surface area contributed by atoms with Crippen LogP contribution in [-0.2, 0) is 6.54 Å². The van der Waals surface area contributed by atoms with Crippen LogP contribution in [0.1, 0.15) is 20.3 Å². The van der Waals surface area contributed by atoms with Crippen molar-refractivity contribution < 1.29 is 18.3 Å². The van der Waals surface area contributed by atoms with Crippen LogP contribution < -0.4 is 16.0 Å². The lowest BCUT2D eigenvalue weighted by atomic mass is 10.2. The van der Waals surface area contributed by atoms with Gasteiger partial charge in [0.25, 0.3) is 0 Å². The maximum atomic E-state index is 12.7. The lowest BCUT2D eigenvalue weighted by Gasteiger charge is -2.22. The molecule has 1 aliphatic heterocycles. The zero-order valence-corrected chi connectivity index (χ0v) is 14.5. The zero-order valence-electron chi connectivity index (χ0n) is 14.5. The highest BCUT2D eigenvalue weighted by atomic mass is 19.4. The third-order valence-corrected chi connectivity index (χ3v) is 4.37. The molecule has 8 nitrogen and oxygen atoms in total. The van der Waals surface area contributed by atoms with Gasteiger partial charge in [0, 0.05) is 19.1 Å².